The van der Waals surface area contributed by atoms with Gasteiger partial charge in [0.05, 0.1) is 28.2 Å². The number of thiophene rings is 1. The van der Waals surface area contributed by atoms with Crippen molar-refractivity contribution >= 4 is 28.5 Å². The molecule has 1 aromatic carbocycles. The van der Waals surface area contributed by atoms with Crippen LogP contribution in [0.1, 0.15) is 47.9 Å². The summed E-state index contributed by atoms with van der Waals surface area (Å²) in [5.41, 5.74) is 9.19. The van der Waals surface area contributed by atoms with Crippen molar-refractivity contribution in [3.05, 3.63) is 78.4 Å². The third kappa shape index (κ3) is 3.49. The smallest absolute Gasteiger partial charge is 0.271 e. The third-order valence-electron chi connectivity index (χ3n) is 6.07. The highest BCUT2D eigenvalue weighted by Crippen LogP contribution is 2.51. The minimum atomic E-state index is -0.529. The molecule has 2 N–H and O–H groups in total. The molecule has 32 heavy (non-hydrogen) atoms. The summed E-state index contributed by atoms with van der Waals surface area (Å²) in [6.07, 6.45) is 0.931. The van der Waals surface area contributed by atoms with Crippen LogP contribution in [0.2, 0.25) is 0 Å². The summed E-state index contributed by atoms with van der Waals surface area (Å²) in [5.74, 6) is -0.329. The van der Waals surface area contributed by atoms with Gasteiger partial charge in [-0.05, 0) is 43.4 Å². The van der Waals surface area contributed by atoms with Gasteiger partial charge in [0.2, 0.25) is 0 Å². The largest absolute Gasteiger partial charge is 0.384 e. The topological polar surface area (TPSA) is 113 Å². The first-order valence-corrected chi connectivity index (χ1v) is 11.1. The Labute approximate surface area is 190 Å². The Morgan fingerprint density at radius 2 is 2.00 bits per heavy atom. The molecular weight excluding hydrogens is 424 g/mol. The fraction of sp³-hybridized carbons (Fsp3) is 0.333. The number of Topliss-reactive ketones (excluding diaryl/α,β-unsaturated/α-hetero) is 1. The summed E-state index contributed by atoms with van der Waals surface area (Å²) < 4.78 is 0. The Hall–Kier alpha value is -3.44. The van der Waals surface area contributed by atoms with Crippen LogP contribution in [0.25, 0.3) is 0 Å². The van der Waals surface area contributed by atoms with Crippen molar-refractivity contribution in [3.8, 4) is 6.07 Å². The Morgan fingerprint density at radius 3 is 2.59 bits per heavy atom. The summed E-state index contributed by atoms with van der Waals surface area (Å²) in [6.45, 7) is 8.03. The molecular formula is C24H24N4O3S. The lowest BCUT2D eigenvalue weighted by Crippen LogP contribution is -2.42. The highest BCUT2D eigenvalue weighted by Gasteiger charge is 2.45. The van der Waals surface area contributed by atoms with Crippen LogP contribution in [-0.4, -0.2) is 10.7 Å². The summed E-state index contributed by atoms with van der Waals surface area (Å²) in [7, 11) is 0. The monoisotopic (exact) mass is 448 g/mol. The van der Waals surface area contributed by atoms with E-state index in [0.717, 1.165) is 21.0 Å². The van der Waals surface area contributed by atoms with E-state index in [1.807, 2.05) is 33.8 Å². The van der Waals surface area contributed by atoms with Gasteiger partial charge in [-0.15, -0.1) is 11.3 Å². The molecule has 0 fully saturated rings. The number of allylic oxidation sites excluding steroid dienone is 3. The van der Waals surface area contributed by atoms with Gasteiger partial charge >= 0.3 is 0 Å². The molecule has 0 bridgehead atoms. The standard InChI is InChI=1S/C24H24N4O3S/c1-13-8-17(14(2)32-13)21-18(12-25)23(26)27(15-6-5-7-16(9-15)28(30)31)19-10-24(3,4)11-20(29)22(19)21/h5-9,21H,10-11,26H2,1-4H3/t21-/m0/s1. The number of non-ortho nitro benzene ring substituents is 1. The molecule has 0 saturated carbocycles. The van der Waals surface area contributed by atoms with E-state index < -0.39 is 10.8 Å². The molecule has 2 heterocycles. The molecule has 0 saturated heterocycles. The number of nitrogens with zero attached hydrogens (tertiary/aromatic N) is 3. The van der Waals surface area contributed by atoms with Gasteiger partial charge in [0.25, 0.3) is 5.69 Å². The van der Waals surface area contributed by atoms with Crippen molar-refractivity contribution in [2.45, 2.75) is 46.5 Å². The Balaban J connectivity index is 2.02. The van der Waals surface area contributed by atoms with E-state index >= 15 is 0 Å². The number of nitro groups is 1. The molecule has 1 aliphatic carbocycles. The highest BCUT2D eigenvalue weighted by molar-refractivity contribution is 7.12. The zero-order valence-electron chi connectivity index (χ0n) is 18.4. The minimum Gasteiger partial charge on any atom is -0.384 e. The summed E-state index contributed by atoms with van der Waals surface area (Å²) in [4.78, 5) is 28.2. The van der Waals surface area contributed by atoms with Gasteiger partial charge in [-0.2, -0.15) is 5.26 Å². The Bertz CT molecular complexity index is 1260. The first kappa shape index (κ1) is 21.8. The molecule has 1 atom stereocenters. The molecule has 4 rings (SSSR count). The lowest BCUT2D eigenvalue weighted by molar-refractivity contribution is -0.384. The van der Waals surface area contributed by atoms with Crippen LogP contribution >= 0.6 is 11.3 Å². The number of anilines is 1. The van der Waals surface area contributed by atoms with E-state index in [0.29, 0.717) is 29.7 Å². The fourth-order valence-corrected chi connectivity index (χ4v) is 5.76. The predicted molar refractivity (Wildman–Crippen MR) is 124 cm³/mol. The number of benzene rings is 1. The number of hydrogen-bond donors (Lipinski definition) is 1. The van der Waals surface area contributed by atoms with Crippen LogP contribution in [0.3, 0.4) is 0 Å². The van der Waals surface area contributed by atoms with Gasteiger partial charge in [0.15, 0.2) is 5.78 Å². The van der Waals surface area contributed by atoms with Crippen LogP contribution in [0.4, 0.5) is 11.4 Å². The zero-order chi connectivity index (χ0) is 23.4. The maximum Gasteiger partial charge on any atom is 0.271 e. The maximum atomic E-state index is 13.5. The van der Waals surface area contributed by atoms with Crippen LogP contribution < -0.4 is 10.6 Å². The molecule has 0 unspecified atom stereocenters. The third-order valence-corrected chi connectivity index (χ3v) is 7.05. The van der Waals surface area contributed by atoms with Crippen molar-refractivity contribution in [1.82, 2.24) is 0 Å². The van der Waals surface area contributed by atoms with Crippen LogP contribution in [0.5, 0.6) is 0 Å². The number of aryl methyl sites for hydroxylation is 2. The van der Waals surface area contributed by atoms with Gasteiger partial charge < -0.3 is 5.73 Å². The van der Waals surface area contributed by atoms with E-state index in [2.05, 4.69) is 6.07 Å². The van der Waals surface area contributed by atoms with E-state index in [4.69, 9.17) is 5.73 Å². The van der Waals surface area contributed by atoms with E-state index in [1.165, 1.54) is 12.1 Å². The number of carbonyl (C=O) groups is 1. The molecule has 1 aliphatic heterocycles. The number of carbonyl (C=O) groups excluding carboxylic acids is 1. The molecule has 1 aromatic heterocycles. The molecule has 0 radical (unpaired) electrons. The van der Waals surface area contributed by atoms with Gasteiger partial charge in [0.1, 0.15) is 5.82 Å². The molecule has 2 aromatic rings. The number of nitro benzene ring substituents is 1. The zero-order valence-corrected chi connectivity index (χ0v) is 19.2. The molecule has 8 heteroatoms. The van der Waals surface area contributed by atoms with E-state index in [9.17, 15) is 20.2 Å². The minimum absolute atomic E-state index is 0.0137. The van der Waals surface area contributed by atoms with Crippen molar-refractivity contribution in [3.63, 3.8) is 0 Å². The van der Waals surface area contributed by atoms with Crippen LogP contribution in [0.15, 0.2) is 53.0 Å². The SMILES string of the molecule is Cc1cc([C@H]2C(C#N)=C(N)N(c3cccc([N+](=O)[O-])c3)C3=C2C(=O)CC(C)(C)C3)c(C)s1. The second-order valence-electron chi connectivity index (χ2n) is 9.13. The number of rotatable bonds is 3. The number of hydrogen-bond acceptors (Lipinski definition) is 7. The number of nitrogens with two attached hydrogens (primary N) is 1. The van der Waals surface area contributed by atoms with Gasteiger partial charge in [0, 0.05) is 39.6 Å². The van der Waals surface area contributed by atoms with Crippen LogP contribution in [0, 0.1) is 40.7 Å². The second kappa shape index (κ2) is 7.61. The number of ketones is 1. The lowest BCUT2D eigenvalue weighted by Gasteiger charge is -2.43. The Morgan fingerprint density at radius 1 is 1.28 bits per heavy atom. The van der Waals surface area contributed by atoms with Gasteiger partial charge in [-0.3, -0.25) is 19.8 Å². The summed E-state index contributed by atoms with van der Waals surface area (Å²) in [6, 6.07) is 10.4. The first-order chi connectivity index (χ1) is 15.0. The first-order valence-electron chi connectivity index (χ1n) is 10.3. The molecule has 2 aliphatic rings. The van der Waals surface area contributed by atoms with Crippen LogP contribution in [-0.2, 0) is 4.79 Å². The molecule has 7 nitrogen and oxygen atoms in total. The fourth-order valence-electron chi connectivity index (χ4n) is 4.80. The average Bonchev–Trinajstić information content (AvgIpc) is 3.04. The number of nitriles is 1. The van der Waals surface area contributed by atoms with E-state index in [1.54, 1.807) is 28.4 Å². The van der Waals surface area contributed by atoms with Crippen molar-refractivity contribution < 1.29 is 9.72 Å². The maximum absolute atomic E-state index is 13.5. The molecule has 164 valence electrons. The Kier molecular flexibility index (Phi) is 5.18. The summed E-state index contributed by atoms with van der Waals surface area (Å²) in [5, 5.41) is 21.5. The predicted octanol–water partition coefficient (Wildman–Crippen LogP) is 5.21. The molecule has 0 amide bonds. The highest BCUT2D eigenvalue weighted by atomic mass is 32.1. The van der Waals surface area contributed by atoms with Gasteiger partial charge in [-0.25, -0.2) is 0 Å². The van der Waals surface area contributed by atoms with Gasteiger partial charge in [-0.1, -0.05) is 19.9 Å². The summed E-state index contributed by atoms with van der Waals surface area (Å²) >= 11 is 1.62. The normalized spacial score (nSPS) is 20.3. The lowest BCUT2D eigenvalue weighted by atomic mass is 9.68. The second-order valence-corrected chi connectivity index (χ2v) is 10.6. The van der Waals surface area contributed by atoms with E-state index in [-0.39, 0.29) is 22.7 Å². The quantitative estimate of drug-likeness (QED) is 0.509. The molecule has 0 spiro atoms. The van der Waals surface area contributed by atoms with Crippen molar-refractivity contribution in [2.75, 3.05) is 4.90 Å². The average molecular weight is 449 g/mol. The van der Waals surface area contributed by atoms with Crippen molar-refractivity contribution in [2.24, 2.45) is 11.1 Å². The van der Waals surface area contributed by atoms with Crippen molar-refractivity contribution in [1.29, 1.82) is 5.26 Å².